The van der Waals surface area contributed by atoms with E-state index in [1.807, 2.05) is 13.8 Å². The number of carboxylic acid groups (broad SMARTS) is 1. The van der Waals surface area contributed by atoms with Gasteiger partial charge in [-0.3, -0.25) is 43.8 Å². The molecular weight excluding hydrogens is 588 g/mol. The highest BCUT2D eigenvalue weighted by Gasteiger charge is 2.49. The fraction of sp³-hybridized carbons (Fsp3) is 0.533. The van der Waals surface area contributed by atoms with Crippen LogP contribution in [0.5, 0.6) is 0 Å². The number of likely N-dealkylation sites (tertiary alicyclic amines) is 1. The van der Waals surface area contributed by atoms with Gasteiger partial charge in [-0.25, -0.2) is 4.98 Å². The van der Waals surface area contributed by atoms with Gasteiger partial charge in [0.05, 0.1) is 18.6 Å². The molecule has 0 radical (unpaired) electrons. The summed E-state index contributed by atoms with van der Waals surface area (Å²) in [4.78, 5) is 97.8. The van der Waals surface area contributed by atoms with Crippen LogP contribution in [0.4, 0.5) is 0 Å². The zero-order valence-corrected chi connectivity index (χ0v) is 25.6. The van der Waals surface area contributed by atoms with Gasteiger partial charge in [0.1, 0.15) is 25.2 Å². The number of amides is 4. The Hall–Kier alpha value is -4.50. The Morgan fingerprint density at radius 1 is 1.04 bits per heavy atom. The minimum Gasteiger partial charge on any atom is -0.480 e. The molecule has 15 nitrogen and oxygen atoms in total. The van der Waals surface area contributed by atoms with Gasteiger partial charge in [0, 0.05) is 0 Å². The van der Waals surface area contributed by atoms with Gasteiger partial charge in [-0.1, -0.05) is 39.8 Å². The number of fused-ring (bicyclic) bond motifs is 1. The first-order valence-electron chi connectivity index (χ1n) is 14.7. The van der Waals surface area contributed by atoms with Gasteiger partial charge in [0.25, 0.3) is 11.8 Å². The van der Waals surface area contributed by atoms with Gasteiger partial charge in [-0.15, -0.1) is 0 Å². The highest BCUT2D eigenvalue weighted by Crippen LogP contribution is 2.28. The van der Waals surface area contributed by atoms with Crippen LogP contribution in [-0.4, -0.2) is 116 Å². The van der Waals surface area contributed by atoms with E-state index in [0.717, 1.165) is 9.80 Å². The van der Waals surface area contributed by atoms with Crippen LogP contribution < -0.4 is 11.1 Å². The van der Waals surface area contributed by atoms with E-state index in [1.165, 1.54) is 13.8 Å². The minimum absolute atomic E-state index is 0.0831. The van der Waals surface area contributed by atoms with Crippen molar-refractivity contribution in [3.8, 4) is 0 Å². The van der Waals surface area contributed by atoms with Crippen LogP contribution in [0.3, 0.4) is 0 Å². The first kappa shape index (κ1) is 33.4. The third-order valence-corrected chi connectivity index (χ3v) is 8.36. The maximum atomic E-state index is 13.6. The molecule has 0 spiro atoms. The van der Waals surface area contributed by atoms with Crippen molar-refractivity contribution in [2.75, 3.05) is 32.7 Å². The molecule has 0 aliphatic carbocycles. The fourth-order valence-electron chi connectivity index (χ4n) is 5.81. The predicted molar refractivity (Wildman–Crippen MR) is 157 cm³/mol. The van der Waals surface area contributed by atoms with Gasteiger partial charge in [-0.05, 0) is 43.4 Å². The molecule has 2 aromatic rings. The first-order valence-corrected chi connectivity index (χ1v) is 14.7. The van der Waals surface area contributed by atoms with E-state index in [2.05, 4.69) is 10.3 Å². The Morgan fingerprint density at radius 3 is 2.24 bits per heavy atom. The van der Waals surface area contributed by atoms with Crippen molar-refractivity contribution in [1.82, 2.24) is 25.0 Å². The molecular formula is C30H38N6O9. The van der Waals surface area contributed by atoms with E-state index in [0.29, 0.717) is 30.5 Å². The van der Waals surface area contributed by atoms with Crippen LogP contribution in [0.1, 0.15) is 51.2 Å². The van der Waals surface area contributed by atoms with Gasteiger partial charge >= 0.3 is 5.97 Å². The maximum absolute atomic E-state index is 13.6. The molecule has 0 unspecified atom stereocenters. The van der Waals surface area contributed by atoms with E-state index < -0.39 is 90.9 Å². The van der Waals surface area contributed by atoms with Gasteiger partial charge in [-0.2, -0.15) is 0 Å². The van der Waals surface area contributed by atoms with Crippen molar-refractivity contribution in [3.63, 3.8) is 0 Å². The van der Waals surface area contributed by atoms with Crippen LogP contribution in [0.15, 0.2) is 28.7 Å². The average molecular weight is 627 g/mol. The lowest BCUT2D eigenvalue weighted by atomic mass is 9.81. The largest absolute Gasteiger partial charge is 0.480 e. The molecule has 4 rings (SSSR count). The molecule has 1 aromatic heterocycles. The number of hydrogen-bond acceptors (Lipinski definition) is 11. The quantitative estimate of drug-likeness (QED) is 0.207. The number of carboxylic acids is 1. The summed E-state index contributed by atoms with van der Waals surface area (Å²) in [7, 11) is 0. The van der Waals surface area contributed by atoms with Crippen molar-refractivity contribution in [1.29, 1.82) is 0 Å². The van der Waals surface area contributed by atoms with Gasteiger partial charge < -0.3 is 25.1 Å². The first-order chi connectivity index (χ1) is 21.1. The number of carbonyl (C=O) groups is 7. The summed E-state index contributed by atoms with van der Waals surface area (Å²) in [6.07, 6.45) is 0.908. The van der Waals surface area contributed by atoms with E-state index in [1.54, 1.807) is 29.2 Å². The molecule has 0 saturated carbocycles. The molecule has 1 aromatic carbocycles. The van der Waals surface area contributed by atoms with Crippen molar-refractivity contribution < 1.29 is 43.1 Å². The Balaban J connectivity index is 1.48. The average Bonchev–Trinajstić information content (AvgIpc) is 3.62. The van der Waals surface area contributed by atoms with Gasteiger partial charge in [0.15, 0.2) is 16.9 Å². The Labute approximate surface area is 259 Å². The lowest BCUT2D eigenvalue weighted by Crippen LogP contribution is -2.67. The Kier molecular flexibility index (Phi) is 9.83. The number of para-hydroxylation sites is 2. The second kappa shape index (κ2) is 13.2. The molecule has 2 saturated heterocycles. The zero-order valence-electron chi connectivity index (χ0n) is 25.6. The molecule has 3 heterocycles. The molecule has 2 aliphatic heterocycles. The number of aromatic nitrogens is 1. The summed E-state index contributed by atoms with van der Waals surface area (Å²) >= 11 is 0. The SMILES string of the molecule is CC(C)[C@@H](C(=O)c1nc2ccccc2o1)N1CCC[C@H]1C(=O)NC(=O)[C@](N)(C(=O)CN1CC(=O)N(CC(=O)O)CC1=O)C(C)C. The summed E-state index contributed by atoms with van der Waals surface area (Å²) in [6.45, 7) is 4.62. The molecule has 15 heteroatoms. The van der Waals surface area contributed by atoms with E-state index >= 15 is 0 Å². The number of aliphatic carboxylic acids is 1. The Bertz CT molecular complexity index is 1500. The normalized spacial score (nSPS) is 19.7. The van der Waals surface area contributed by atoms with Crippen molar-refractivity contribution in [2.45, 2.75) is 58.2 Å². The topological polar surface area (TPSA) is 214 Å². The highest BCUT2D eigenvalue weighted by molar-refractivity contribution is 6.16. The lowest BCUT2D eigenvalue weighted by Gasteiger charge is -2.36. The second-order valence-corrected chi connectivity index (χ2v) is 12.1. The standard InChI is InChI=1S/C30H38N6O9/c1-16(2)25(26(42)28-32-18-8-5-6-10-20(18)45-28)36-11-7-9-19(36)27(43)33-29(44)30(31,17(3)4)21(37)12-34-13-23(39)35(14-22(34)38)15-24(40)41/h5-6,8,10,16-17,19,25H,7,9,11-15,31H2,1-4H3,(H,40,41)(H,33,43,44)/t19-,25-,30+/m0/s1. The number of piperazine rings is 1. The lowest BCUT2D eigenvalue weighted by molar-refractivity contribution is -0.156. The van der Waals surface area contributed by atoms with E-state index in [-0.39, 0.29) is 11.8 Å². The summed E-state index contributed by atoms with van der Waals surface area (Å²) < 4.78 is 5.70. The number of nitrogens with one attached hydrogen (secondary N) is 1. The summed E-state index contributed by atoms with van der Waals surface area (Å²) in [5, 5.41) is 11.2. The number of imide groups is 1. The smallest absolute Gasteiger partial charge is 0.323 e. The summed E-state index contributed by atoms with van der Waals surface area (Å²) in [5.74, 6) is -6.91. The number of carbonyl (C=O) groups excluding carboxylic acids is 6. The fourth-order valence-corrected chi connectivity index (χ4v) is 5.81. The van der Waals surface area contributed by atoms with Crippen molar-refractivity contribution in [2.24, 2.45) is 17.6 Å². The third kappa shape index (κ3) is 6.78. The number of nitrogens with two attached hydrogens (primary N) is 1. The van der Waals surface area contributed by atoms with Crippen LogP contribution in [0.25, 0.3) is 11.1 Å². The molecule has 4 amide bonds. The monoisotopic (exact) mass is 626 g/mol. The molecule has 0 bridgehead atoms. The molecule has 3 atom stereocenters. The number of rotatable bonds is 12. The van der Waals surface area contributed by atoms with Crippen LogP contribution in [0.2, 0.25) is 0 Å². The van der Waals surface area contributed by atoms with Crippen molar-refractivity contribution >= 4 is 52.3 Å². The number of nitrogens with zero attached hydrogens (tertiary/aromatic N) is 4. The molecule has 2 aliphatic rings. The number of benzene rings is 1. The maximum Gasteiger partial charge on any atom is 0.323 e. The van der Waals surface area contributed by atoms with Crippen LogP contribution in [-0.2, 0) is 28.8 Å². The highest BCUT2D eigenvalue weighted by atomic mass is 16.4. The summed E-state index contributed by atoms with van der Waals surface area (Å²) in [6, 6.07) is 5.28. The molecule has 2 fully saturated rings. The number of Topliss-reactive ketones (excluding diaryl/α,β-unsaturated/α-hetero) is 2. The number of hydrogen-bond donors (Lipinski definition) is 3. The van der Waals surface area contributed by atoms with E-state index in [4.69, 9.17) is 15.3 Å². The molecule has 4 N–H and O–H groups in total. The third-order valence-electron chi connectivity index (χ3n) is 8.36. The van der Waals surface area contributed by atoms with Crippen LogP contribution >= 0.6 is 0 Å². The zero-order chi connectivity index (χ0) is 33.2. The van der Waals surface area contributed by atoms with Crippen molar-refractivity contribution in [3.05, 3.63) is 30.2 Å². The molecule has 242 valence electrons. The minimum atomic E-state index is -2.24. The predicted octanol–water partition coefficient (Wildman–Crippen LogP) is -0.180. The second-order valence-electron chi connectivity index (χ2n) is 12.1. The van der Waals surface area contributed by atoms with E-state index in [9.17, 15) is 33.6 Å². The number of oxazole rings is 1. The number of ketones is 2. The Morgan fingerprint density at radius 2 is 1.67 bits per heavy atom. The van der Waals surface area contributed by atoms with Crippen LogP contribution in [0, 0.1) is 11.8 Å². The molecule has 45 heavy (non-hydrogen) atoms. The van der Waals surface area contributed by atoms with Gasteiger partial charge in [0.2, 0.25) is 23.5 Å². The summed E-state index contributed by atoms with van der Waals surface area (Å²) in [5.41, 5.74) is 5.09.